The van der Waals surface area contributed by atoms with Crippen LogP contribution in [0.5, 0.6) is 0 Å². The van der Waals surface area contributed by atoms with Gasteiger partial charge >= 0.3 is 0 Å². The van der Waals surface area contributed by atoms with Gasteiger partial charge in [-0.2, -0.15) is 0 Å². The maximum Gasteiger partial charge on any atom is 0.120 e. The molecule has 1 saturated heterocycles. The number of furan rings is 1. The molecule has 3 rings (SSSR count). The average molecular weight is 248 g/mol. The summed E-state index contributed by atoms with van der Waals surface area (Å²) in [6.45, 7) is 8.41. The summed E-state index contributed by atoms with van der Waals surface area (Å²) in [5.41, 5.74) is 1.29. The summed E-state index contributed by atoms with van der Waals surface area (Å²) in [6.07, 6.45) is 4.27. The first-order valence-corrected chi connectivity index (χ1v) is 7.29. The monoisotopic (exact) mass is 248 g/mol. The Bertz CT molecular complexity index is 413. The van der Waals surface area contributed by atoms with Gasteiger partial charge in [-0.25, -0.2) is 0 Å². The van der Waals surface area contributed by atoms with Crippen molar-refractivity contribution in [2.24, 2.45) is 5.92 Å². The quantitative estimate of drug-likeness (QED) is 0.868. The van der Waals surface area contributed by atoms with Crippen molar-refractivity contribution in [1.82, 2.24) is 10.2 Å². The van der Waals surface area contributed by atoms with Crippen LogP contribution in [0.1, 0.15) is 43.3 Å². The first kappa shape index (κ1) is 12.2. The largest absolute Gasteiger partial charge is 0.463 e. The van der Waals surface area contributed by atoms with Crippen molar-refractivity contribution in [2.45, 2.75) is 52.2 Å². The Kier molecular flexibility index (Phi) is 3.44. The van der Waals surface area contributed by atoms with E-state index in [0.717, 1.165) is 43.1 Å². The highest BCUT2D eigenvalue weighted by Crippen LogP contribution is 2.38. The molecule has 2 fully saturated rings. The van der Waals surface area contributed by atoms with Gasteiger partial charge in [-0.15, -0.1) is 0 Å². The molecule has 100 valence electrons. The molecule has 2 heterocycles. The minimum absolute atomic E-state index is 0.831. The number of nitrogens with zero attached hydrogens (tertiary/aromatic N) is 1. The van der Waals surface area contributed by atoms with Crippen molar-refractivity contribution in [3.05, 3.63) is 23.2 Å². The Morgan fingerprint density at radius 1 is 1.44 bits per heavy atom. The lowest BCUT2D eigenvalue weighted by molar-refractivity contribution is 0.189. The molecule has 0 spiro atoms. The third-order valence-corrected chi connectivity index (χ3v) is 4.49. The molecule has 1 aromatic rings. The highest BCUT2D eigenvalue weighted by atomic mass is 16.3. The highest BCUT2D eigenvalue weighted by molar-refractivity contribution is 5.20. The summed E-state index contributed by atoms with van der Waals surface area (Å²) in [4.78, 5) is 2.61. The number of hydrogen-bond donors (Lipinski definition) is 1. The zero-order chi connectivity index (χ0) is 12.5. The number of fused-ring (bicyclic) bond motifs is 2. The predicted octanol–water partition coefficient (Wildman–Crippen LogP) is 2.68. The molecule has 1 saturated carbocycles. The summed E-state index contributed by atoms with van der Waals surface area (Å²) in [5.74, 6) is 3.22. The first-order valence-electron chi connectivity index (χ1n) is 7.29. The summed E-state index contributed by atoms with van der Waals surface area (Å²) in [6, 6.07) is 3.05. The van der Waals surface area contributed by atoms with Crippen LogP contribution >= 0.6 is 0 Å². The molecular weight excluding hydrogens is 224 g/mol. The lowest BCUT2D eigenvalue weighted by atomic mass is 10.1. The Hall–Kier alpha value is -0.800. The molecule has 1 aliphatic heterocycles. The van der Waals surface area contributed by atoms with Crippen molar-refractivity contribution >= 4 is 0 Å². The van der Waals surface area contributed by atoms with E-state index in [1.165, 1.54) is 31.4 Å². The SMILES string of the molecule is CCNCc1oc(CN2CC3CCC2C3)cc1C. The standard InChI is InChI=1S/C15H24N2O/c1-3-16-8-15-11(2)6-14(18-15)10-17-9-12-4-5-13(17)7-12/h6,12-13,16H,3-5,7-10H2,1-2H3. The molecule has 2 bridgehead atoms. The molecular formula is C15H24N2O. The lowest BCUT2D eigenvalue weighted by Crippen LogP contribution is -2.31. The van der Waals surface area contributed by atoms with Crippen LogP contribution < -0.4 is 5.32 Å². The molecule has 3 heteroatoms. The van der Waals surface area contributed by atoms with Gasteiger partial charge in [0.2, 0.25) is 0 Å². The molecule has 0 amide bonds. The van der Waals surface area contributed by atoms with Crippen LogP contribution in [0.25, 0.3) is 0 Å². The third kappa shape index (κ3) is 2.34. The Balaban J connectivity index is 1.62. The molecule has 3 nitrogen and oxygen atoms in total. The van der Waals surface area contributed by atoms with Crippen LogP contribution in [0.15, 0.2) is 10.5 Å². The second kappa shape index (κ2) is 5.06. The topological polar surface area (TPSA) is 28.4 Å². The third-order valence-electron chi connectivity index (χ3n) is 4.49. The fourth-order valence-corrected chi connectivity index (χ4v) is 3.50. The summed E-state index contributed by atoms with van der Waals surface area (Å²) < 4.78 is 5.98. The van der Waals surface area contributed by atoms with Crippen LogP contribution in [0.3, 0.4) is 0 Å². The molecule has 2 aliphatic rings. The van der Waals surface area contributed by atoms with Gasteiger partial charge in [0.15, 0.2) is 0 Å². The average Bonchev–Trinajstić information content (AvgIpc) is 3.03. The molecule has 0 radical (unpaired) electrons. The van der Waals surface area contributed by atoms with Crippen LogP contribution in [0.4, 0.5) is 0 Å². The van der Waals surface area contributed by atoms with Gasteiger partial charge < -0.3 is 9.73 Å². The van der Waals surface area contributed by atoms with E-state index in [1.54, 1.807) is 0 Å². The lowest BCUT2D eigenvalue weighted by Gasteiger charge is -2.25. The zero-order valence-corrected chi connectivity index (χ0v) is 11.5. The van der Waals surface area contributed by atoms with Gasteiger partial charge in [0.25, 0.3) is 0 Å². The van der Waals surface area contributed by atoms with Gasteiger partial charge in [-0.1, -0.05) is 6.92 Å². The van der Waals surface area contributed by atoms with Crippen molar-refractivity contribution in [2.75, 3.05) is 13.1 Å². The van der Waals surface area contributed by atoms with E-state index in [2.05, 4.69) is 30.1 Å². The predicted molar refractivity (Wildman–Crippen MR) is 72.4 cm³/mol. The molecule has 1 aromatic heterocycles. The summed E-state index contributed by atoms with van der Waals surface area (Å²) >= 11 is 0. The van der Waals surface area contributed by atoms with Gasteiger partial charge in [0.1, 0.15) is 11.5 Å². The fraction of sp³-hybridized carbons (Fsp3) is 0.733. The molecule has 2 atom stereocenters. The van der Waals surface area contributed by atoms with Crippen LogP contribution in [0.2, 0.25) is 0 Å². The molecule has 18 heavy (non-hydrogen) atoms. The van der Waals surface area contributed by atoms with E-state index in [-0.39, 0.29) is 0 Å². The molecule has 1 aliphatic carbocycles. The maximum atomic E-state index is 5.98. The van der Waals surface area contributed by atoms with Crippen LogP contribution in [0, 0.1) is 12.8 Å². The van der Waals surface area contributed by atoms with Crippen molar-refractivity contribution < 1.29 is 4.42 Å². The van der Waals surface area contributed by atoms with E-state index < -0.39 is 0 Å². The van der Waals surface area contributed by atoms with Crippen molar-refractivity contribution in [3.8, 4) is 0 Å². The Labute approximate surface area is 110 Å². The van der Waals surface area contributed by atoms with Gasteiger partial charge in [-0.05, 0) is 50.3 Å². The van der Waals surface area contributed by atoms with Gasteiger partial charge in [0.05, 0.1) is 13.1 Å². The van der Waals surface area contributed by atoms with E-state index >= 15 is 0 Å². The minimum Gasteiger partial charge on any atom is -0.463 e. The number of piperidine rings is 1. The minimum atomic E-state index is 0.831. The second-order valence-corrected chi connectivity index (χ2v) is 5.86. The van der Waals surface area contributed by atoms with Gasteiger partial charge in [-0.3, -0.25) is 4.90 Å². The summed E-state index contributed by atoms with van der Waals surface area (Å²) in [5, 5.41) is 3.33. The fourth-order valence-electron chi connectivity index (χ4n) is 3.50. The Morgan fingerprint density at radius 2 is 2.33 bits per heavy atom. The number of rotatable bonds is 5. The van der Waals surface area contributed by atoms with E-state index in [4.69, 9.17) is 4.42 Å². The van der Waals surface area contributed by atoms with E-state index in [0.29, 0.717) is 0 Å². The first-order chi connectivity index (χ1) is 8.76. The maximum absolute atomic E-state index is 5.98. The number of likely N-dealkylation sites (tertiary alicyclic amines) is 1. The second-order valence-electron chi connectivity index (χ2n) is 5.86. The smallest absolute Gasteiger partial charge is 0.120 e. The van der Waals surface area contributed by atoms with Crippen molar-refractivity contribution in [3.63, 3.8) is 0 Å². The number of aryl methyl sites for hydroxylation is 1. The normalized spacial score (nSPS) is 27.2. The van der Waals surface area contributed by atoms with E-state index in [9.17, 15) is 0 Å². The molecule has 2 unspecified atom stereocenters. The van der Waals surface area contributed by atoms with Crippen LogP contribution in [-0.2, 0) is 13.1 Å². The molecule has 0 aromatic carbocycles. The van der Waals surface area contributed by atoms with E-state index in [1.807, 2.05) is 0 Å². The Morgan fingerprint density at radius 3 is 3.00 bits per heavy atom. The van der Waals surface area contributed by atoms with Gasteiger partial charge in [0, 0.05) is 12.6 Å². The number of hydrogen-bond acceptors (Lipinski definition) is 3. The zero-order valence-electron chi connectivity index (χ0n) is 11.5. The van der Waals surface area contributed by atoms with Crippen LogP contribution in [-0.4, -0.2) is 24.0 Å². The number of nitrogens with one attached hydrogen (secondary N) is 1. The highest BCUT2D eigenvalue weighted by Gasteiger charge is 2.37. The molecule has 1 N–H and O–H groups in total. The summed E-state index contributed by atoms with van der Waals surface area (Å²) in [7, 11) is 0. The van der Waals surface area contributed by atoms with Crippen molar-refractivity contribution in [1.29, 1.82) is 0 Å².